The molecule has 0 unspecified atom stereocenters. The lowest BCUT2D eigenvalue weighted by molar-refractivity contribution is 0.0784. The molecule has 0 fully saturated rings. The maximum atomic E-state index is 14.1. The molecule has 7 heteroatoms. The second-order valence-electron chi connectivity index (χ2n) is 7.78. The zero-order valence-corrected chi connectivity index (χ0v) is 18.4. The monoisotopic (exact) mass is 471 g/mol. The molecular formula is C23H23BrFN3O2. The predicted octanol–water partition coefficient (Wildman–Crippen LogP) is 4.69. The number of nitrogens with zero attached hydrogens (tertiary/aromatic N) is 3. The van der Waals surface area contributed by atoms with E-state index in [1.807, 2.05) is 0 Å². The minimum atomic E-state index is -0.357. The molecule has 0 spiro atoms. The van der Waals surface area contributed by atoms with Crippen LogP contribution in [-0.2, 0) is 19.5 Å². The van der Waals surface area contributed by atoms with Crippen molar-refractivity contribution in [1.82, 2.24) is 14.5 Å². The SMILES string of the molecule is CN(Cc1cc(Br)ccc1F)C(=O)c1ccc2c(=O)n3c(nc2c1)CCCCCC3. The Labute approximate surface area is 182 Å². The molecule has 1 amide bonds. The van der Waals surface area contributed by atoms with Crippen LogP contribution in [0.1, 0.15) is 47.4 Å². The molecule has 0 bridgehead atoms. The fraction of sp³-hybridized carbons (Fsp3) is 0.348. The van der Waals surface area contributed by atoms with E-state index < -0.39 is 0 Å². The van der Waals surface area contributed by atoms with Gasteiger partial charge in [-0.15, -0.1) is 0 Å². The summed E-state index contributed by atoms with van der Waals surface area (Å²) >= 11 is 3.33. The molecule has 2 heterocycles. The lowest BCUT2D eigenvalue weighted by Crippen LogP contribution is -2.28. The van der Waals surface area contributed by atoms with E-state index in [4.69, 9.17) is 4.98 Å². The Hall–Kier alpha value is -2.54. The van der Waals surface area contributed by atoms with Crippen LogP contribution in [0.3, 0.4) is 0 Å². The van der Waals surface area contributed by atoms with Crippen molar-refractivity contribution in [2.24, 2.45) is 0 Å². The molecule has 0 aliphatic carbocycles. The molecule has 1 aliphatic heterocycles. The summed E-state index contributed by atoms with van der Waals surface area (Å²) in [7, 11) is 1.63. The van der Waals surface area contributed by atoms with Crippen molar-refractivity contribution >= 4 is 32.7 Å². The van der Waals surface area contributed by atoms with Gasteiger partial charge in [-0.2, -0.15) is 0 Å². The van der Waals surface area contributed by atoms with Crippen LogP contribution in [0.15, 0.2) is 45.7 Å². The second-order valence-corrected chi connectivity index (χ2v) is 8.69. The first-order valence-corrected chi connectivity index (χ1v) is 11.0. The minimum Gasteiger partial charge on any atom is -0.337 e. The standard InChI is InChI=1S/C23H23BrFN3O2/c1-27(14-16-12-17(24)8-10-19(16)25)22(29)15-7-9-18-20(13-15)26-21-6-4-2-3-5-11-28(21)23(18)30/h7-10,12-13H,2-6,11,14H2,1H3. The number of benzene rings is 2. The van der Waals surface area contributed by atoms with Gasteiger partial charge >= 0.3 is 0 Å². The molecule has 0 saturated heterocycles. The van der Waals surface area contributed by atoms with E-state index in [0.29, 0.717) is 28.6 Å². The Bertz CT molecular complexity index is 1180. The summed E-state index contributed by atoms with van der Waals surface area (Å²) in [6, 6.07) is 9.67. The molecule has 156 valence electrons. The summed E-state index contributed by atoms with van der Waals surface area (Å²) in [4.78, 5) is 32.1. The Morgan fingerprint density at radius 1 is 1.17 bits per heavy atom. The molecule has 3 aromatic rings. The van der Waals surface area contributed by atoms with Crippen LogP contribution in [0.4, 0.5) is 4.39 Å². The van der Waals surface area contributed by atoms with Gasteiger partial charge in [-0.1, -0.05) is 28.8 Å². The maximum absolute atomic E-state index is 14.1. The summed E-state index contributed by atoms with van der Waals surface area (Å²) in [6.45, 7) is 0.834. The molecule has 5 nitrogen and oxygen atoms in total. The van der Waals surface area contributed by atoms with Crippen LogP contribution in [0.2, 0.25) is 0 Å². The Morgan fingerprint density at radius 3 is 2.80 bits per heavy atom. The van der Waals surface area contributed by atoms with Crippen LogP contribution in [0, 0.1) is 5.82 Å². The fourth-order valence-corrected chi connectivity index (χ4v) is 4.35. The first-order chi connectivity index (χ1) is 14.4. The summed E-state index contributed by atoms with van der Waals surface area (Å²) in [6.07, 6.45) is 5.03. The maximum Gasteiger partial charge on any atom is 0.261 e. The van der Waals surface area contributed by atoms with Crippen LogP contribution in [0.25, 0.3) is 10.9 Å². The number of hydrogen-bond acceptors (Lipinski definition) is 3. The van der Waals surface area contributed by atoms with Gasteiger partial charge in [0.15, 0.2) is 0 Å². The number of rotatable bonds is 3. The highest BCUT2D eigenvalue weighted by Crippen LogP contribution is 2.20. The molecular weight excluding hydrogens is 449 g/mol. The van der Waals surface area contributed by atoms with E-state index in [2.05, 4.69) is 15.9 Å². The molecule has 1 aliphatic rings. The quantitative estimate of drug-likeness (QED) is 0.556. The predicted molar refractivity (Wildman–Crippen MR) is 118 cm³/mol. The second kappa shape index (κ2) is 8.68. The van der Waals surface area contributed by atoms with Crippen molar-refractivity contribution in [3.63, 3.8) is 0 Å². The van der Waals surface area contributed by atoms with E-state index in [9.17, 15) is 14.0 Å². The smallest absolute Gasteiger partial charge is 0.261 e. The fourth-order valence-electron chi connectivity index (χ4n) is 3.94. The number of carbonyl (C=O) groups is 1. The topological polar surface area (TPSA) is 55.2 Å². The highest BCUT2D eigenvalue weighted by atomic mass is 79.9. The highest BCUT2D eigenvalue weighted by molar-refractivity contribution is 9.10. The lowest BCUT2D eigenvalue weighted by atomic mass is 10.1. The molecule has 4 rings (SSSR count). The summed E-state index contributed by atoms with van der Waals surface area (Å²) in [5.41, 5.74) is 1.36. The van der Waals surface area contributed by atoms with Gasteiger partial charge in [-0.25, -0.2) is 9.37 Å². The number of carbonyl (C=O) groups excluding carboxylic acids is 1. The van der Waals surface area contributed by atoms with Crippen molar-refractivity contribution in [1.29, 1.82) is 0 Å². The Morgan fingerprint density at radius 2 is 1.97 bits per heavy atom. The lowest BCUT2D eigenvalue weighted by Gasteiger charge is -2.19. The van der Waals surface area contributed by atoms with Gasteiger partial charge in [0.25, 0.3) is 11.5 Å². The number of hydrogen-bond donors (Lipinski definition) is 0. The zero-order valence-electron chi connectivity index (χ0n) is 16.8. The average molecular weight is 472 g/mol. The largest absolute Gasteiger partial charge is 0.337 e. The van der Waals surface area contributed by atoms with Gasteiger partial charge in [0.05, 0.1) is 10.9 Å². The van der Waals surface area contributed by atoms with Crippen LogP contribution < -0.4 is 5.56 Å². The van der Waals surface area contributed by atoms with Crippen molar-refractivity contribution in [2.45, 2.75) is 45.2 Å². The Kier molecular flexibility index (Phi) is 5.99. The molecule has 0 atom stereocenters. The van der Waals surface area contributed by atoms with Gasteiger partial charge < -0.3 is 4.90 Å². The Balaban J connectivity index is 1.65. The molecule has 2 aromatic carbocycles. The number of halogens is 2. The first-order valence-electron chi connectivity index (χ1n) is 10.2. The third-order valence-corrected chi connectivity index (χ3v) is 6.07. The van der Waals surface area contributed by atoms with E-state index >= 15 is 0 Å². The number of fused-ring (bicyclic) bond motifs is 2. The van der Waals surface area contributed by atoms with Crippen molar-refractivity contribution < 1.29 is 9.18 Å². The van der Waals surface area contributed by atoms with E-state index in [1.165, 1.54) is 11.0 Å². The summed E-state index contributed by atoms with van der Waals surface area (Å²) in [5.74, 6) is 0.191. The van der Waals surface area contributed by atoms with Crippen LogP contribution >= 0.6 is 15.9 Å². The third-order valence-electron chi connectivity index (χ3n) is 5.58. The van der Waals surface area contributed by atoms with Crippen molar-refractivity contribution in [3.05, 3.63) is 74.0 Å². The van der Waals surface area contributed by atoms with Crippen LogP contribution in [0.5, 0.6) is 0 Å². The highest BCUT2D eigenvalue weighted by Gasteiger charge is 2.18. The number of aryl methyl sites for hydroxylation is 1. The van der Waals surface area contributed by atoms with E-state index in [1.54, 1.807) is 41.9 Å². The van der Waals surface area contributed by atoms with Gasteiger partial charge in [-0.05, 0) is 49.2 Å². The van der Waals surface area contributed by atoms with E-state index in [-0.39, 0.29) is 23.8 Å². The zero-order chi connectivity index (χ0) is 21.3. The van der Waals surface area contributed by atoms with Crippen molar-refractivity contribution in [2.75, 3.05) is 7.05 Å². The normalized spacial score (nSPS) is 14.1. The number of aromatic nitrogens is 2. The molecule has 30 heavy (non-hydrogen) atoms. The van der Waals surface area contributed by atoms with Gasteiger partial charge in [0.2, 0.25) is 0 Å². The third kappa shape index (κ3) is 4.17. The first kappa shape index (κ1) is 20.7. The van der Waals surface area contributed by atoms with Gasteiger partial charge in [0, 0.05) is 42.2 Å². The number of amides is 1. The van der Waals surface area contributed by atoms with Gasteiger partial charge in [0.1, 0.15) is 11.6 Å². The summed E-state index contributed by atoms with van der Waals surface area (Å²) in [5, 5.41) is 0.525. The summed E-state index contributed by atoms with van der Waals surface area (Å²) < 4.78 is 16.6. The van der Waals surface area contributed by atoms with Crippen molar-refractivity contribution in [3.8, 4) is 0 Å². The average Bonchev–Trinajstić information content (AvgIpc) is 2.71. The molecule has 1 aromatic heterocycles. The van der Waals surface area contributed by atoms with Gasteiger partial charge in [-0.3, -0.25) is 14.2 Å². The molecule has 0 radical (unpaired) electrons. The minimum absolute atomic E-state index is 0.0412. The van der Waals surface area contributed by atoms with Crippen LogP contribution in [-0.4, -0.2) is 27.4 Å². The molecule has 0 saturated carbocycles. The van der Waals surface area contributed by atoms with E-state index in [0.717, 1.165) is 42.4 Å². The molecule has 0 N–H and O–H groups in total.